The first-order chi connectivity index (χ1) is 15.9. The van der Waals surface area contributed by atoms with Gasteiger partial charge < -0.3 is 18.9 Å². The molecule has 8 nitrogen and oxygen atoms in total. The summed E-state index contributed by atoms with van der Waals surface area (Å²) in [6.07, 6.45) is 13.0. The minimum atomic E-state index is -3.38. The minimum Gasteiger partial charge on any atom is -0.491 e. The van der Waals surface area contributed by atoms with Crippen LogP contribution in [0.25, 0.3) is 0 Å². The first kappa shape index (κ1) is 31.5. The molecule has 0 aliphatic carbocycles. The highest BCUT2D eigenvalue weighted by Crippen LogP contribution is 2.16. The van der Waals surface area contributed by atoms with E-state index in [0.717, 1.165) is 18.4 Å². The van der Waals surface area contributed by atoms with Gasteiger partial charge in [-0.05, 0) is 30.5 Å². The van der Waals surface area contributed by atoms with Gasteiger partial charge in [-0.3, -0.25) is 0 Å². The first-order valence-electron chi connectivity index (χ1n) is 11.5. The number of ether oxygens (including phenoxy) is 4. The lowest BCUT2D eigenvalue weighted by molar-refractivity contribution is -0.106. The molecule has 0 aromatic heterocycles. The van der Waals surface area contributed by atoms with Crippen molar-refractivity contribution in [3.63, 3.8) is 0 Å². The van der Waals surface area contributed by atoms with E-state index in [2.05, 4.69) is 35.8 Å². The van der Waals surface area contributed by atoms with Crippen molar-refractivity contribution in [2.75, 3.05) is 40.0 Å². The molecule has 0 bridgehead atoms. The molecule has 0 aliphatic heterocycles. The third-order valence-corrected chi connectivity index (χ3v) is 4.91. The van der Waals surface area contributed by atoms with Crippen molar-refractivity contribution >= 4 is 10.1 Å². The summed E-state index contributed by atoms with van der Waals surface area (Å²) in [5.41, 5.74) is 1.37. The maximum Gasteiger partial charge on any atom is 0.280 e. The van der Waals surface area contributed by atoms with Crippen LogP contribution in [-0.2, 0) is 35.0 Å². The minimum absolute atomic E-state index is 0.169. The van der Waals surface area contributed by atoms with Crippen molar-refractivity contribution in [3.8, 4) is 5.75 Å². The standard InChI is InChI=1S/C23H38O4.CH5NO3S/c1-4-6-7-8-9-10-11-12-21-13-15-22(16-14-21)26-19-23(27-20-24-3)18-25-17-5-2;1-6(3,4)5-2/h5,13-16,23H,2,4,6-12,17-20H2,1,3H3;2H2,1H3. The zero-order chi connectivity index (χ0) is 24.8. The maximum atomic E-state index is 9.65. The lowest BCUT2D eigenvalue weighted by Crippen LogP contribution is -2.28. The third-order valence-electron chi connectivity index (χ3n) is 4.56. The quantitative estimate of drug-likeness (QED) is 0.132. The van der Waals surface area contributed by atoms with Gasteiger partial charge in [0.05, 0.1) is 19.5 Å². The molecule has 2 N–H and O–H groups in total. The number of benzene rings is 1. The van der Waals surface area contributed by atoms with E-state index in [1.54, 1.807) is 13.2 Å². The fraction of sp³-hybridized carbons (Fsp3) is 0.667. The Hall–Kier alpha value is -1.49. The molecule has 0 heterocycles. The zero-order valence-corrected chi connectivity index (χ0v) is 21.3. The highest BCUT2D eigenvalue weighted by atomic mass is 32.2. The van der Waals surface area contributed by atoms with Gasteiger partial charge in [0.1, 0.15) is 25.3 Å². The number of hydrogen-bond acceptors (Lipinski definition) is 8. The molecule has 0 saturated carbocycles. The van der Waals surface area contributed by atoms with Gasteiger partial charge in [-0.15, -0.1) is 6.58 Å². The molecular weight excluding hydrogens is 446 g/mol. The molecule has 0 radical (unpaired) electrons. The Labute approximate surface area is 200 Å². The molecule has 0 fully saturated rings. The Morgan fingerprint density at radius 2 is 1.64 bits per heavy atom. The monoisotopic (exact) mass is 489 g/mol. The molecular formula is C24H43NO7S. The van der Waals surface area contributed by atoms with Crippen LogP contribution in [0.2, 0.25) is 0 Å². The van der Waals surface area contributed by atoms with E-state index in [1.807, 2.05) is 12.1 Å². The largest absolute Gasteiger partial charge is 0.491 e. The van der Waals surface area contributed by atoms with Crippen LogP contribution in [0, 0.1) is 0 Å². The summed E-state index contributed by atoms with van der Waals surface area (Å²) in [7, 11) is -1.78. The zero-order valence-electron chi connectivity index (χ0n) is 20.5. The first-order valence-corrected chi connectivity index (χ1v) is 13.3. The Morgan fingerprint density at radius 3 is 2.18 bits per heavy atom. The summed E-state index contributed by atoms with van der Waals surface area (Å²) in [4.78, 5) is 0. The molecule has 192 valence electrons. The average Bonchev–Trinajstić information content (AvgIpc) is 2.80. The summed E-state index contributed by atoms with van der Waals surface area (Å²) in [6, 6.07) is 8.39. The molecule has 1 unspecified atom stereocenters. The lowest BCUT2D eigenvalue weighted by atomic mass is 10.0. The Bertz CT molecular complexity index is 681. The number of unbranched alkanes of at least 4 members (excludes halogenated alkanes) is 6. The van der Waals surface area contributed by atoms with Gasteiger partial charge in [-0.25, -0.2) is 0 Å². The predicted molar refractivity (Wildman–Crippen MR) is 132 cm³/mol. The second-order valence-corrected chi connectivity index (χ2v) is 9.25. The molecule has 1 atom stereocenters. The van der Waals surface area contributed by atoms with E-state index < -0.39 is 10.1 Å². The van der Waals surface area contributed by atoms with Gasteiger partial charge in [-0.1, -0.05) is 63.7 Å². The molecule has 1 aromatic carbocycles. The van der Waals surface area contributed by atoms with Crippen molar-refractivity contribution in [2.45, 2.75) is 64.4 Å². The van der Waals surface area contributed by atoms with Gasteiger partial charge in [0, 0.05) is 7.11 Å². The van der Waals surface area contributed by atoms with Crippen LogP contribution in [0.1, 0.15) is 57.4 Å². The van der Waals surface area contributed by atoms with E-state index in [-0.39, 0.29) is 12.9 Å². The van der Waals surface area contributed by atoms with Gasteiger partial charge in [0.2, 0.25) is 0 Å². The normalized spacial score (nSPS) is 12.0. The van der Waals surface area contributed by atoms with E-state index >= 15 is 0 Å². The van der Waals surface area contributed by atoms with E-state index in [9.17, 15) is 8.42 Å². The van der Waals surface area contributed by atoms with Crippen LogP contribution in [0.15, 0.2) is 36.9 Å². The second kappa shape index (κ2) is 21.1. The average molecular weight is 490 g/mol. The van der Waals surface area contributed by atoms with Gasteiger partial charge in [-0.2, -0.15) is 18.6 Å². The number of nitrogens with two attached hydrogens (primary N) is 1. The Morgan fingerprint density at radius 1 is 1.03 bits per heavy atom. The molecule has 0 saturated heterocycles. The van der Waals surface area contributed by atoms with Gasteiger partial charge in [0.25, 0.3) is 10.1 Å². The maximum absolute atomic E-state index is 9.65. The van der Waals surface area contributed by atoms with Crippen molar-refractivity contribution in [2.24, 2.45) is 5.90 Å². The molecule has 1 rings (SSSR count). The SMILES string of the molecule is C=CCOCC(COc1ccc(CCCCCCCCC)cc1)OCOC.CS(=O)(=O)ON. The van der Waals surface area contributed by atoms with E-state index in [0.29, 0.717) is 19.8 Å². The molecule has 0 spiro atoms. The van der Waals surface area contributed by atoms with Crippen LogP contribution in [0.5, 0.6) is 5.75 Å². The highest BCUT2D eigenvalue weighted by molar-refractivity contribution is 7.85. The third kappa shape index (κ3) is 20.8. The van der Waals surface area contributed by atoms with E-state index in [4.69, 9.17) is 18.9 Å². The fourth-order valence-electron chi connectivity index (χ4n) is 2.82. The van der Waals surface area contributed by atoms with Gasteiger partial charge >= 0.3 is 0 Å². The van der Waals surface area contributed by atoms with Crippen LogP contribution in [0.4, 0.5) is 0 Å². The number of aryl methyl sites for hydroxylation is 1. The molecule has 9 heteroatoms. The van der Waals surface area contributed by atoms with Crippen molar-refractivity contribution < 1.29 is 31.6 Å². The Kier molecular flexibility index (Phi) is 20.1. The molecule has 0 aliphatic rings. The van der Waals surface area contributed by atoms with Crippen molar-refractivity contribution in [1.82, 2.24) is 0 Å². The summed E-state index contributed by atoms with van der Waals surface area (Å²) in [5.74, 6) is 5.07. The smallest absolute Gasteiger partial charge is 0.280 e. The second-order valence-electron chi connectivity index (χ2n) is 7.65. The van der Waals surface area contributed by atoms with Crippen LogP contribution in [0.3, 0.4) is 0 Å². The fourth-order valence-corrected chi connectivity index (χ4v) is 2.82. The van der Waals surface area contributed by atoms with Crippen LogP contribution < -0.4 is 10.6 Å². The van der Waals surface area contributed by atoms with E-state index in [1.165, 1.54) is 50.5 Å². The highest BCUT2D eigenvalue weighted by Gasteiger charge is 2.10. The predicted octanol–water partition coefficient (Wildman–Crippen LogP) is 4.39. The van der Waals surface area contributed by atoms with Crippen LogP contribution in [-0.4, -0.2) is 54.5 Å². The summed E-state index contributed by atoms with van der Waals surface area (Å²) in [6.45, 7) is 7.51. The molecule has 1 aromatic rings. The summed E-state index contributed by atoms with van der Waals surface area (Å²) in [5, 5.41) is 0. The molecule has 0 amide bonds. The van der Waals surface area contributed by atoms with Crippen molar-refractivity contribution in [3.05, 3.63) is 42.5 Å². The van der Waals surface area contributed by atoms with Gasteiger partial charge in [0.15, 0.2) is 0 Å². The van der Waals surface area contributed by atoms with Crippen molar-refractivity contribution in [1.29, 1.82) is 0 Å². The number of rotatable bonds is 19. The Balaban J connectivity index is 0.00000150. The summed E-state index contributed by atoms with van der Waals surface area (Å²) >= 11 is 0. The molecule has 33 heavy (non-hydrogen) atoms. The van der Waals surface area contributed by atoms with Crippen LogP contribution >= 0.6 is 0 Å². The summed E-state index contributed by atoms with van der Waals surface area (Å²) < 4.78 is 44.6. The topological polar surface area (TPSA) is 106 Å². The number of hydrogen-bond donors (Lipinski definition) is 1. The lowest BCUT2D eigenvalue weighted by Gasteiger charge is -2.18. The number of methoxy groups -OCH3 is 1.